The Kier molecular flexibility index (Phi) is 5.60. The van der Waals surface area contributed by atoms with Crippen molar-refractivity contribution in [3.63, 3.8) is 0 Å². The average Bonchev–Trinajstić information content (AvgIpc) is 3.01. The first-order chi connectivity index (χ1) is 12.3. The van der Waals surface area contributed by atoms with Crippen LogP contribution in [0.3, 0.4) is 0 Å². The maximum absolute atomic E-state index is 13.5. The van der Waals surface area contributed by atoms with Crippen LogP contribution in [0.15, 0.2) is 30.6 Å². The third-order valence-corrected chi connectivity index (χ3v) is 3.63. The van der Waals surface area contributed by atoms with Crippen molar-refractivity contribution in [1.29, 1.82) is 0 Å². The van der Waals surface area contributed by atoms with Crippen LogP contribution in [0.1, 0.15) is 17.3 Å². The number of nitrogens with one attached hydrogen (secondary N) is 1. The van der Waals surface area contributed by atoms with E-state index in [1.807, 2.05) is 0 Å². The fourth-order valence-corrected chi connectivity index (χ4v) is 2.42. The monoisotopic (exact) mass is 398 g/mol. The molecule has 1 amide bonds. The highest BCUT2D eigenvalue weighted by Gasteiger charge is 2.24. The lowest BCUT2D eigenvalue weighted by atomic mass is 10.1. The van der Waals surface area contributed by atoms with E-state index in [9.17, 15) is 23.5 Å². The Balaban J connectivity index is 0.00000261. The third kappa shape index (κ3) is 3.80. The van der Waals surface area contributed by atoms with Crippen LogP contribution < -0.4 is 5.32 Å². The molecule has 0 aliphatic carbocycles. The number of hydrogen-bond acceptors (Lipinski definition) is 5. The molecule has 0 saturated carbocycles. The summed E-state index contributed by atoms with van der Waals surface area (Å²) in [7, 11) is 0. The molecule has 3 rings (SSSR count). The summed E-state index contributed by atoms with van der Waals surface area (Å²) in [5, 5.41) is 25.2. The second-order valence-electron chi connectivity index (χ2n) is 5.48. The number of hydrogen-bond donors (Lipinski definition) is 3. The first-order valence-electron chi connectivity index (χ1n) is 7.33. The van der Waals surface area contributed by atoms with Crippen molar-refractivity contribution in [3.8, 4) is 17.0 Å². The van der Waals surface area contributed by atoms with E-state index in [1.54, 1.807) is 0 Å². The van der Waals surface area contributed by atoms with Crippen LogP contribution in [0.25, 0.3) is 16.9 Å². The molecule has 11 heteroatoms. The predicted molar refractivity (Wildman–Crippen MR) is 91.8 cm³/mol. The number of amides is 1. The molecule has 0 radical (unpaired) electrons. The maximum atomic E-state index is 13.5. The summed E-state index contributed by atoms with van der Waals surface area (Å²) in [5.41, 5.74) is -0.244. The van der Waals surface area contributed by atoms with Gasteiger partial charge in [-0.1, -0.05) is 0 Å². The van der Waals surface area contributed by atoms with Gasteiger partial charge in [-0.2, -0.15) is 5.10 Å². The number of carbonyl (C=O) groups is 2. The average molecular weight is 399 g/mol. The molecule has 1 atom stereocenters. The van der Waals surface area contributed by atoms with Gasteiger partial charge in [0.2, 0.25) is 0 Å². The number of carboxylic acid groups (broad SMARTS) is 1. The van der Waals surface area contributed by atoms with Crippen LogP contribution in [-0.2, 0) is 4.79 Å². The van der Waals surface area contributed by atoms with Gasteiger partial charge in [0.1, 0.15) is 35.3 Å². The zero-order chi connectivity index (χ0) is 19.0. The molecule has 0 aliphatic heterocycles. The topological polar surface area (TPSA) is 117 Å². The van der Waals surface area contributed by atoms with Crippen molar-refractivity contribution in [1.82, 2.24) is 19.9 Å². The van der Waals surface area contributed by atoms with Crippen molar-refractivity contribution in [3.05, 3.63) is 47.8 Å². The Hall–Kier alpha value is -3.27. The number of halogens is 3. The van der Waals surface area contributed by atoms with Gasteiger partial charge >= 0.3 is 5.97 Å². The van der Waals surface area contributed by atoms with Crippen LogP contribution in [-0.4, -0.2) is 42.7 Å². The molecule has 3 aromatic rings. The Bertz CT molecular complexity index is 1020. The van der Waals surface area contributed by atoms with Gasteiger partial charge in [0.15, 0.2) is 5.65 Å². The van der Waals surface area contributed by atoms with E-state index in [0.29, 0.717) is 6.07 Å². The molecule has 0 saturated heterocycles. The Morgan fingerprint density at radius 1 is 1.19 bits per heavy atom. The molecule has 0 aliphatic rings. The molecule has 0 spiro atoms. The number of fused-ring (bicyclic) bond motifs is 1. The zero-order valence-corrected chi connectivity index (χ0v) is 14.5. The van der Waals surface area contributed by atoms with Gasteiger partial charge in [0, 0.05) is 17.7 Å². The largest absolute Gasteiger partial charge is 0.507 e. The molecular weight excluding hydrogens is 386 g/mol. The lowest BCUT2D eigenvalue weighted by Crippen LogP contribution is -2.38. The number of aliphatic carboxylic acids is 1. The van der Waals surface area contributed by atoms with E-state index in [-0.39, 0.29) is 34.9 Å². The number of nitrogens with zero attached hydrogens (tertiary/aromatic N) is 3. The summed E-state index contributed by atoms with van der Waals surface area (Å²) in [6.07, 6.45) is 1.09. The Morgan fingerprint density at radius 2 is 1.81 bits per heavy atom. The third-order valence-electron chi connectivity index (χ3n) is 3.63. The smallest absolute Gasteiger partial charge is 0.325 e. The van der Waals surface area contributed by atoms with Crippen molar-refractivity contribution in [2.75, 3.05) is 0 Å². The number of carboxylic acids is 1. The van der Waals surface area contributed by atoms with Gasteiger partial charge in [-0.15, -0.1) is 12.4 Å². The van der Waals surface area contributed by atoms with Gasteiger partial charge in [0.25, 0.3) is 5.91 Å². The van der Waals surface area contributed by atoms with Crippen LogP contribution in [0.2, 0.25) is 0 Å². The molecule has 27 heavy (non-hydrogen) atoms. The molecule has 2 aromatic heterocycles. The highest BCUT2D eigenvalue weighted by Crippen LogP contribution is 2.30. The number of rotatable bonds is 4. The van der Waals surface area contributed by atoms with E-state index in [2.05, 4.69) is 15.4 Å². The summed E-state index contributed by atoms with van der Waals surface area (Å²) in [6, 6.07) is 2.64. The molecule has 0 bridgehead atoms. The van der Waals surface area contributed by atoms with Gasteiger partial charge in [-0.05, 0) is 19.1 Å². The SMILES string of the molecule is C[C@H](NC(=O)c1c(O)cc(-c2cc(F)cc(F)c2)n2ncnc12)C(=O)O.Cl. The van der Waals surface area contributed by atoms with E-state index in [0.717, 1.165) is 29.0 Å². The van der Waals surface area contributed by atoms with E-state index in [1.165, 1.54) is 6.92 Å². The summed E-state index contributed by atoms with van der Waals surface area (Å²) in [6.45, 7) is 1.25. The molecule has 0 unspecified atom stereocenters. The zero-order valence-electron chi connectivity index (χ0n) is 13.7. The minimum Gasteiger partial charge on any atom is -0.507 e. The fraction of sp³-hybridized carbons (Fsp3) is 0.125. The molecule has 1 aromatic carbocycles. The molecule has 0 fully saturated rings. The second kappa shape index (κ2) is 7.54. The standard InChI is InChI=1S/C16H12F2N4O4.ClH/c1-7(16(25)26)21-15(24)13-12(23)5-11(22-14(13)19-6-20-22)8-2-9(17)4-10(18)3-8;/h2-7,23H,1H3,(H,21,24)(H,25,26);1H/t7-;/m0./s1. The van der Waals surface area contributed by atoms with Crippen molar-refractivity contribution in [2.45, 2.75) is 13.0 Å². The molecule has 8 nitrogen and oxygen atoms in total. The summed E-state index contributed by atoms with van der Waals surface area (Å²) in [5.74, 6) is -4.34. The Morgan fingerprint density at radius 3 is 2.41 bits per heavy atom. The normalized spacial score (nSPS) is 11.7. The number of aromatic hydroxyl groups is 1. The first kappa shape index (κ1) is 20.0. The van der Waals surface area contributed by atoms with Gasteiger partial charge in [-0.3, -0.25) is 9.59 Å². The Labute approximate surface area is 156 Å². The predicted octanol–water partition coefficient (Wildman–Crippen LogP) is 2.00. The summed E-state index contributed by atoms with van der Waals surface area (Å²) in [4.78, 5) is 27.1. The lowest BCUT2D eigenvalue weighted by molar-refractivity contribution is -0.138. The summed E-state index contributed by atoms with van der Waals surface area (Å²) >= 11 is 0. The quantitative estimate of drug-likeness (QED) is 0.619. The molecule has 3 N–H and O–H groups in total. The summed E-state index contributed by atoms with van der Waals surface area (Å²) < 4.78 is 28.1. The minimum absolute atomic E-state index is 0. The number of aromatic nitrogens is 3. The molecular formula is C16H13ClF2N4O4. The highest BCUT2D eigenvalue weighted by atomic mass is 35.5. The van der Waals surface area contributed by atoms with Gasteiger partial charge < -0.3 is 15.5 Å². The van der Waals surface area contributed by atoms with Crippen LogP contribution >= 0.6 is 12.4 Å². The van der Waals surface area contributed by atoms with Crippen molar-refractivity contribution in [2.24, 2.45) is 0 Å². The number of carbonyl (C=O) groups excluding carboxylic acids is 1. The van der Waals surface area contributed by atoms with E-state index < -0.39 is 35.3 Å². The number of pyridine rings is 1. The van der Waals surface area contributed by atoms with Gasteiger partial charge in [0.05, 0.1) is 5.69 Å². The minimum atomic E-state index is -1.26. The second-order valence-corrected chi connectivity index (χ2v) is 5.48. The van der Waals surface area contributed by atoms with E-state index in [4.69, 9.17) is 5.11 Å². The maximum Gasteiger partial charge on any atom is 0.325 e. The number of benzene rings is 1. The van der Waals surface area contributed by atoms with Crippen molar-refractivity contribution >= 4 is 29.9 Å². The van der Waals surface area contributed by atoms with E-state index >= 15 is 0 Å². The molecule has 142 valence electrons. The lowest BCUT2D eigenvalue weighted by Gasteiger charge is -2.13. The van der Waals surface area contributed by atoms with Gasteiger partial charge in [-0.25, -0.2) is 18.3 Å². The fourth-order valence-electron chi connectivity index (χ4n) is 2.42. The first-order valence-corrected chi connectivity index (χ1v) is 7.33. The highest BCUT2D eigenvalue weighted by molar-refractivity contribution is 6.04. The van der Waals surface area contributed by atoms with Crippen molar-refractivity contribution < 1.29 is 28.6 Å². The van der Waals surface area contributed by atoms with Crippen LogP contribution in [0, 0.1) is 11.6 Å². The van der Waals surface area contributed by atoms with Crippen LogP contribution in [0.5, 0.6) is 5.75 Å². The van der Waals surface area contributed by atoms with Crippen LogP contribution in [0.4, 0.5) is 8.78 Å². The molecule has 2 heterocycles.